The fourth-order valence-corrected chi connectivity index (χ4v) is 6.51. The molecule has 6 nitrogen and oxygen atoms in total. The van der Waals surface area contributed by atoms with E-state index in [2.05, 4.69) is 70.1 Å². The van der Waals surface area contributed by atoms with Crippen molar-refractivity contribution >= 4 is 5.57 Å². The van der Waals surface area contributed by atoms with E-state index in [0.717, 1.165) is 51.1 Å². The van der Waals surface area contributed by atoms with Gasteiger partial charge in [-0.2, -0.15) is 0 Å². The molecule has 6 rings (SSSR count). The SMILES string of the molecule is CCc1cc(O)ccc1C1CCC2C(C1)NNC2c1ncc(C2=CCN(Cc3ccccc3)CC2)[nH]1. The summed E-state index contributed by atoms with van der Waals surface area (Å²) in [4.78, 5) is 11.0. The predicted octanol–water partition coefficient (Wildman–Crippen LogP) is 5.07. The largest absolute Gasteiger partial charge is 0.508 e. The number of hydrogen-bond acceptors (Lipinski definition) is 5. The number of benzene rings is 2. The molecule has 0 bridgehead atoms. The minimum absolute atomic E-state index is 0.217. The van der Waals surface area contributed by atoms with Gasteiger partial charge in [0.2, 0.25) is 0 Å². The Morgan fingerprint density at radius 3 is 2.78 bits per heavy atom. The van der Waals surface area contributed by atoms with Crippen molar-refractivity contribution < 1.29 is 5.11 Å². The molecule has 3 aromatic rings. The number of phenolic OH excluding ortho intramolecular Hbond substituents is 1. The van der Waals surface area contributed by atoms with E-state index in [1.165, 1.54) is 34.4 Å². The molecule has 1 aliphatic carbocycles. The van der Waals surface area contributed by atoms with E-state index in [1.54, 1.807) is 0 Å². The van der Waals surface area contributed by atoms with Gasteiger partial charge in [0.05, 0.1) is 17.9 Å². The van der Waals surface area contributed by atoms with E-state index in [-0.39, 0.29) is 6.04 Å². The van der Waals surface area contributed by atoms with Crippen molar-refractivity contribution in [3.8, 4) is 5.75 Å². The highest BCUT2D eigenvalue weighted by Crippen LogP contribution is 2.44. The van der Waals surface area contributed by atoms with E-state index in [1.807, 2.05) is 18.3 Å². The molecular weight excluding hydrogens is 446 g/mol. The van der Waals surface area contributed by atoms with Gasteiger partial charge in [-0.1, -0.05) is 49.4 Å². The highest BCUT2D eigenvalue weighted by Gasteiger charge is 2.42. The lowest BCUT2D eigenvalue weighted by Gasteiger charge is -2.33. The maximum Gasteiger partial charge on any atom is 0.125 e. The van der Waals surface area contributed by atoms with Gasteiger partial charge < -0.3 is 10.1 Å². The first-order valence-electron chi connectivity index (χ1n) is 13.5. The van der Waals surface area contributed by atoms with E-state index in [4.69, 9.17) is 4.98 Å². The molecule has 2 aromatic carbocycles. The minimum atomic E-state index is 0.217. The van der Waals surface area contributed by atoms with Crippen molar-refractivity contribution in [3.63, 3.8) is 0 Å². The van der Waals surface area contributed by atoms with Crippen LogP contribution in [0.4, 0.5) is 0 Å². The number of phenols is 1. The van der Waals surface area contributed by atoms with Crippen LogP contribution in [0.5, 0.6) is 5.75 Å². The second kappa shape index (κ2) is 10.2. The number of hydrogen-bond donors (Lipinski definition) is 4. The maximum atomic E-state index is 9.91. The van der Waals surface area contributed by atoms with Crippen molar-refractivity contribution in [1.82, 2.24) is 25.7 Å². The van der Waals surface area contributed by atoms with E-state index in [9.17, 15) is 5.11 Å². The maximum absolute atomic E-state index is 9.91. The van der Waals surface area contributed by atoms with Crippen LogP contribution in [0.1, 0.15) is 72.8 Å². The van der Waals surface area contributed by atoms with Gasteiger partial charge in [-0.15, -0.1) is 0 Å². The summed E-state index contributed by atoms with van der Waals surface area (Å²) >= 11 is 0. The molecule has 2 fully saturated rings. The van der Waals surface area contributed by atoms with E-state index < -0.39 is 0 Å². The number of fused-ring (bicyclic) bond motifs is 1. The van der Waals surface area contributed by atoms with Crippen LogP contribution in [0, 0.1) is 5.92 Å². The zero-order valence-corrected chi connectivity index (χ0v) is 21.1. The fourth-order valence-electron chi connectivity index (χ4n) is 6.51. The zero-order valence-electron chi connectivity index (χ0n) is 21.1. The number of nitrogens with one attached hydrogen (secondary N) is 3. The molecule has 188 valence electrons. The number of aromatic amines is 1. The Labute approximate surface area is 213 Å². The Balaban J connectivity index is 1.09. The van der Waals surface area contributed by atoms with Gasteiger partial charge in [-0.25, -0.2) is 10.4 Å². The fraction of sp³-hybridized carbons (Fsp3) is 0.433. The molecule has 3 heterocycles. The van der Waals surface area contributed by atoms with Gasteiger partial charge in [-0.05, 0) is 78.3 Å². The molecule has 0 amide bonds. The highest BCUT2D eigenvalue weighted by atomic mass is 16.3. The molecule has 1 aromatic heterocycles. The van der Waals surface area contributed by atoms with Crippen LogP contribution in [-0.4, -0.2) is 39.1 Å². The van der Waals surface area contributed by atoms with Crippen molar-refractivity contribution in [3.05, 3.63) is 89.0 Å². The summed E-state index contributed by atoms with van der Waals surface area (Å²) in [5.41, 5.74) is 13.8. The average Bonchev–Trinajstić information content (AvgIpc) is 3.56. The standard InChI is InChI=1S/C30H37N5O/c1-2-21-16-24(36)9-11-25(21)23-8-10-26-27(17-23)33-34-29(26)30-31-18-28(32-30)22-12-14-35(15-13-22)19-20-6-4-3-5-7-20/h3-7,9,11-12,16,18,23,26-27,29,33-34,36H,2,8,10,13-15,17,19H2,1H3,(H,31,32). The number of aryl methyl sites for hydroxylation is 1. The first-order chi connectivity index (χ1) is 17.7. The summed E-state index contributed by atoms with van der Waals surface area (Å²) in [6, 6.07) is 17.3. The third-order valence-corrected chi connectivity index (χ3v) is 8.48. The Morgan fingerprint density at radius 1 is 1.08 bits per heavy atom. The lowest BCUT2D eigenvalue weighted by molar-refractivity contribution is 0.276. The summed E-state index contributed by atoms with van der Waals surface area (Å²) in [6.45, 7) is 5.23. The zero-order chi connectivity index (χ0) is 24.5. The van der Waals surface area contributed by atoms with Crippen LogP contribution in [0.2, 0.25) is 0 Å². The summed E-state index contributed by atoms with van der Waals surface area (Å²) in [7, 11) is 0. The highest BCUT2D eigenvalue weighted by molar-refractivity contribution is 5.63. The molecule has 4 atom stereocenters. The topological polar surface area (TPSA) is 76.2 Å². The lowest BCUT2D eigenvalue weighted by Crippen LogP contribution is -2.35. The van der Waals surface area contributed by atoms with Crippen LogP contribution in [0.15, 0.2) is 60.8 Å². The molecule has 0 radical (unpaired) electrons. The quantitative estimate of drug-likeness (QED) is 0.394. The molecule has 6 heteroatoms. The van der Waals surface area contributed by atoms with Crippen molar-refractivity contribution in [2.24, 2.45) is 5.92 Å². The molecular formula is C30H37N5O. The number of nitrogens with zero attached hydrogens (tertiary/aromatic N) is 2. The minimum Gasteiger partial charge on any atom is -0.508 e. The van der Waals surface area contributed by atoms with Gasteiger partial charge in [0.15, 0.2) is 0 Å². The van der Waals surface area contributed by atoms with Crippen molar-refractivity contribution in [2.75, 3.05) is 13.1 Å². The third kappa shape index (κ3) is 4.73. The average molecular weight is 484 g/mol. The van der Waals surface area contributed by atoms with E-state index in [0.29, 0.717) is 23.6 Å². The molecule has 36 heavy (non-hydrogen) atoms. The molecule has 1 saturated carbocycles. The van der Waals surface area contributed by atoms with E-state index >= 15 is 0 Å². The van der Waals surface area contributed by atoms with Crippen LogP contribution >= 0.6 is 0 Å². The first kappa shape index (κ1) is 23.5. The Hall–Kier alpha value is -2.93. The Kier molecular flexibility index (Phi) is 6.65. The molecule has 4 unspecified atom stereocenters. The van der Waals surface area contributed by atoms with Crippen LogP contribution < -0.4 is 10.9 Å². The summed E-state index contributed by atoms with van der Waals surface area (Å²) in [5.74, 6) is 2.49. The normalized spacial score (nSPS) is 26.5. The number of aromatic hydroxyl groups is 1. The van der Waals surface area contributed by atoms with Gasteiger partial charge in [-0.3, -0.25) is 10.3 Å². The second-order valence-electron chi connectivity index (χ2n) is 10.7. The smallest absolute Gasteiger partial charge is 0.125 e. The first-order valence-corrected chi connectivity index (χ1v) is 13.5. The van der Waals surface area contributed by atoms with Crippen molar-refractivity contribution in [1.29, 1.82) is 0 Å². The molecule has 0 spiro atoms. The lowest BCUT2D eigenvalue weighted by atomic mass is 9.73. The summed E-state index contributed by atoms with van der Waals surface area (Å²) < 4.78 is 0. The van der Waals surface area contributed by atoms with Gasteiger partial charge in [0.1, 0.15) is 11.6 Å². The number of rotatable bonds is 6. The molecule has 2 aliphatic heterocycles. The molecule has 1 saturated heterocycles. The van der Waals surface area contributed by atoms with Gasteiger partial charge in [0, 0.05) is 25.7 Å². The summed E-state index contributed by atoms with van der Waals surface area (Å²) in [5, 5.41) is 9.91. The van der Waals surface area contributed by atoms with Crippen LogP contribution in [0.3, 0.4) is 0 Å². The van der Waals surface area contributed by atoms with Crippen LogP contribution in [0.25, 0.3) is 5.57 Å². The number of aromatic nitrogens is 2. The van der Waals surface area contributed by atoms with Crippen LogP contribution in [-0.2, 0) is 13.0 Å². The number of hydrazine groups is 1. The molecule has 3 aliphatic rings. The number of H-pyrrole nitrogens is 1. The van der Waals surface area contributed by atoms with Gasteiger partial charge >= 0.3 is 0 Å². The van der Waals surface area contributed by atoms with Gasteiger partial charge in [0.25, 0.3) is 0 Å². The Bertz CT molecular complexity index is 1220. The third-order valence-electron chi connectivity index (χ3n) is 8.48. The van der Waals surface area contributed by atoms with Crippen molar-refractivity contribution in [2.45, 2.75) is 63.6 Å². The number of imidazole rings is 1. The summed E-state index contributed by atoms with van der Waals surface area (Å²) in [6.07, 6.45) is 9.84. The Morgan fingerprint density at radius 2 is 1.97 bits per heavy atom. The second-order valence-corrected chi connectivity index (χ2v) is 10.7. The molecule has 4 N–H and O–H groups in total. The predicted molar refractivity (Wildman–Crippen MR) is 143 cm³/mol. The monoisotopic (exact) mass is 483 g/mol.